The molecule has 21 heavy (non-hydrogen) atoms. The Morgan fingerprint density at radius 3 is 2.90 bits per heavy atom. The lowest BCUT2D eigenvalue weighted by molar-refractivity contribution is -0.216. The van der Waals surface area contributed by atoms with E-state index in [0.717, 1.165) is 0 Å². The fourth-order valence-electron chi connectivity index (χ4n) is 2.28. The number of hydrogen-bond acceptors (Lipinski definition) is 4. The van der Waals surface area contributed by atoms with Gasteiger partial charge in [0, 0.05) is 25.4 Å². The van der Waals surface area contributed by atoms with E-state index in [4.69, 9.17) is 4.74 Å². The van der Waals surface area contributed by atoms with Crippen molar-refractivity contribution in [2.45, 2.75) is 19.1 Å². The minimum atomic E-state index is -4.57. The zero-order valence-electron chi connectivity index (χ0n) is 11.5. The maximum atomic E-state index is 13.2. The molecule has 5 nitrogen and oxygen atoms in total. The number of amides is 1. The van der Waals surface area contributed by atoms with Gasteiger partial charge >= 0.3 is 6.18 Å². The number of alkyl halides is 3. The summed E-state index contributed by atoms with van der Waals surface area (Å²) in [6, 6.07) is 3.17. The van der Waals surface area contributed by atoms with E-state index in [-0.39, 0.29) is 26.1 Å². The van der Waals surface area contributed by atoms with Gasteiger partial charge in [0.25, 0.3) is 0 Å². The van der Waals surface area contributed by atoms with Crippen LogP contribution in [0.25, 0.3) is 0 Å². The molecular weight excluding hydrogens is 287 g/mol. The van der Waals surface area contributed by atoms with E-state index >= 15 is 0 Å². The van der Waals surface area contributed by atoms with Gasteiger partial charge in [-0.25, -0.2) is 4.98 Å². The van der Waals surface area contributed by atoms with E-state index in [1.807, 2.05) is 0 Å². The molecule has 0 saturated carbocycles. The van der Waals surface area contributed by atoms with E-state index in [1.165, 1.54) is 13.3 Å². The van der Waals surface area contributed by atoms with Crippen LogP contribution >= 0.6 is 0 Å². The number of ether oxygens (including phenoxy) is 1. The normalized spacial score (nSPS) is 22.1. The molecule has 2 N–H and O–H groups in total. The van der Waals surface area contributed by atoms with Crippen LogP contribution in [-0.4, -0.2) is 37.3 Å². The average molecular weight is 303 g/mol. The van der Waals surface area contributed by atoms with Gasteiger partial charge in [-0.2, -0.15) is 13.2 Å². The minimum absolute atomic E-state index is 0.00442. The average Bonchev–Trinajstić information content (AvgIpc) is 2.95. The molecule has 1 aliphatic heterocycles. The Hall–Kier alpha value is -1.83. The first-order chi connectivity index (χ1) is 9.89. The number of nitrogens with zero attached hydrogens (tertiary/aromatic N) is 1. The number of methoxy groups -OCH3 is 1. The third-order valence-electron chi connectivity index (χ3n) is 3.59. The third kappa shape index (κ3) is 3.10. The summed E-state index contributed by atoms with van der Waals surface area (Å²) in [4.78, 5) is 15.9. The van der Waals surface area contributed by atoms with Gasteiger partial charge < -0.3 is 15.4 Å². The second-order valence-electron chi connectivity index (χ2n) is 4.90. The summed E-state index contributed by atoms with van der Waals surface area (Å²) in [6.45, 7) is -0.215. The quantitative estimate of drug-likeness (QED) is 0.879. The Morgan fingerprint density at radius 1 is 1.57 bits per heavy atom. The summed E-state index contributed by atoms with van der Waals surface area (Å²) < 4.78 is 44.5. The van der Waals surface area contributed by atoms with Crippen LogP contribution in [0, 0.1) is 5.41 Å². The molecule has 0 aromatic carbocycles. The summed E-state index contributed by atoms with van der Waals surface area (Å²) in [5, 5.41) is 4.96. The molecule has 0 bridgehead atoms. The van der Waals surface area contributed by atoms with Crippen molar-refractivity contribution in [3.05, 3.63) is 23.9 Å². The highest BCUT2D eigenvalue weighted by atomic mass is 19.4. The summed E-state index contributed by atoms with van der Waals surface area (Å²) in [6.07, 6.45) is -3.35. The molecule has 1 saturated heterocycles. The van der Waals surface area contributed by atoms with Gasteiger partial charge in [-0.05, 0) is 24.6 Å². The molecule has 1 fully saturated rings. The van der Waals surface area contributed by atoms with Gasteiger partial charge in [-0.1, -0.05) is 0 Å². The Labute approximate surface area is 119 Å². The highest BCUT2D eigenvalue weighted by Gasteiger charge is 2.61. The fourth-order valence-corrected chi connectivity index (χ4v) is 2.28. The van der Waals surface area contributed by atoms with Gasteiger partial charge in [0.05, 0.1) is 7.11 Å². The SMILES string of the molecule is COc1cc(CNC(=O)C2(C(F)(F)F)CCNC2)ccn1. The predicted molar refractivity (Wildman–Crippen MR) is 68.6 cm³/mol. The van der Waals surface area contributed by atoms with E-state index < -0.39 is 17.5 Å². The first-order valence-corrected chi connectivity index (χ1v) is 6.44. The Balaban J connectivity index is 2.06. The van der Waals surface area contributed by atoms with Crippen molar-refractivity contribution >= 4 is 5.91 Å². The van der Waals surface area contributed by atoms with Gasteiger partial charge in [0.2, 0.25) is 11.8 Å². The van der Waals surface area contributed by atoms with Crippen LogP contribution in [0.4, 0.5) is 13.2 Å². The number of halogens is 3. The van der Waals surface area contributed by atoms with Crippen LogP contribution in [0.1, 0.15) is 12.0 Å². The van der Waals surface area contributed by atoms with Crippen molar-refractivity contribution in [2.75, 3.05) is 20.2 Å². The summed E-state index contributed by atoms with van der Waals surface area (Å²) in [7, 11) is 1.44. The maximum Gasteiger partial charge on any atom is 0.404 e. The highest BCUT2D eigenvalue weighted by Crippen LogP contribution is 2.43. The minimum Gasteiger partial charge on any atom is -0.481 e. The van der Waals surface area contributed by atoms with Crippen molar-refractivity contribution < 1.29 is 22.7 Å². The Morgan fingerprint density at radius 2 is 2.33 bits per heavy atom. The van der Waals surface area contributed by atoms with E-state index in [2.05, 4.69) is 15.6 Å². The lowest BCUT2D eigenvalue weighted by atomic mass is 9.85. The lowest BCUT2D eigenvalue weighted by Crippen LogP contribution is -2.52. The van der Waals surface area contributed by atoms with Crippen molar-refractivity contribution in [2.24, 2.45) is 5.41 Å². The smallest absolute Gasteiger partial charge is 0.404 e. The van der Waals surface area contributed by atoms with Crippen LogP contribution in [-0.2, 0) is 11.3 Å². The molecule has 1 aliphatic rings. The number of carbonyl (C=O) groups excluding carboxylic acids is 1. The lowest BCUT2D eigenvalue weighted by Gasteiger charge is -2.29. The van der Waals surface area contributed by atoms with Gasteiger partial charge in [0.15, 0.2) is 5.41 Å². The number of rotatable bonds is 4. The van der Waals surface area contributed by atoms with E-state index in [1.54, 1.807) is 12.1 Å². The second kappa shape index (κ2) is 5.88. The number of pyridine rings is 1. The molecule has 8 heteroatoms. The molecular formula is C13H16F3N3O2. The standard InChI is InChI=1S/C13H16F3N3O2/c1-21-10-6-9(2-4-18-10)7-19-11(20)12(13(14,15)16)3-5-17-8-12/h2,4,6,17H,3,5,7-8H2,1H3,(H,19,20). The molecule has 2 heterocycles. The molecule has 1 unspecified atom stereocenters. The molecule has 0 radical (unpaired) electrons. The van der Waals surface area contributed by atoms with Crippen molar-refractivity contribution in [1.29, 1.82) is 0 Å². The van der Waals surface area contributed by atoms with Crippen molar-refractivity contribution in [3.63, 3.8) is 0 Å². The zero-order chi connectivity index (χ0) is 15.5. The molecule has 1 amide bonds. The molecule has 1 aromatic rings. The number of hydrogen-bond donors (Lipinski definition) is 2. The van der Waals surface area contributed by atoms with Crippen LogP contribution in [0.3, 0.4) is 0 Å². The maximum absolute atomic E-state index is 13.2. The largest absolute Gasteiger partial charge is 0.481 e. The molecule has 116 valence electrons. The summed E-state index contributed by atoms with van der Waals surface area (Å²) in [5.74, 6) is -0.661. The zero-order valence-corrected chi connectivity index (χ0v) is 11.5. The number of carbonyl (C=O) groups is 1. The molecule has 0 spiro atoms. The highest BCUT2D eigenvalue weighted by molar-refractivity contribution is 5.84. The van der Waals surface area contributed by atoms with Gasteiger partial charge in [-0.3, -0.25) is 4.79 Å². The van der Waals surface area contributed by atoms with Gasteiger partial charge in [0.1, 0.15) is 0 Å². The predicted octanol–water partition coefficient (Wildman–Crippen LogP) is 1.25. The number of nitrogens with one attached hydrogen (secondary N) is 2. The van der Waals surface area contributed by atoms with Crippen molar-refractivity contribution in [3.8, 4) is 5.88 Å². The monoisotopic (exact) mass is 303 g/mol. The Bertz CT molecular complexity index is 514. The van der Waals surface area contributed by atoms with Crippen LogP contribution in [0.5, 0.6) is 5.88 Å². The number of aromatic nitrogens is 1. The molecule has 1 aromatic heterocycles. The topological polar surface area (TPSA) is 63.2 Å². The van der Waals surface area contributed by atoms with E-state index in [9.17, 15) is 18.0 Å². The summed E-state index contributed by atoms with van der Waals surface area (Å²) >= 11 is 0. The Kier molecular flexibility index (Phi) is 4.36. The first-order valence-electron chi connectivity index (χ1n) is 6.44. The third-order valence-corrected chi connectivity index (χ3v) is 3.59. The summed E-state index contributed by atoms with van der Waals surface area (Å²) in [5.41, 5.74) is -1.72. The van der Waals surface area contributed by atoms with Crippen LogP contribution in [0.2, 0.25) is 0 Å². The molecule has 1 atom stereocenters. The van der Waals surface area contributed by atoms with E-state index in [0.29, 0.717) is 11.4 Å². The molecule has 0 aliphatic carbocycles. The van der Waals surface area contributed by atoms with Crippen LogP contribution < -0.4 is 15.4 Å². The molecule has 2 rings (SSSR count). The van der Waals surface area contributed by atoms with Crippen molar-refractivity contribution in [1.82, 2.24) is 15.6 Å². The van der Waals surface area contributed by atoms with Crippen LogP contribution in [0.15, 0.2) is 18.3 Å². The second-order valence-corrected chi connectivity index (χ2v) is 4.90. The van der Waals surface area contributed by atoms with Gasteiger partial charge in [-0.15, -0.1) is 0 Å². The fraction of sp³-hybridized carbons (Fsp3) is 0.538. The first kappa shape index (κ1) is 15.6.